The SMILES string of the molecule is COc1cccc(OC)c1-c1ccc(C(=O)NC(CC(=O)O)C(C)C)cc1-c1ccc(Cl)c(OCCCN(C)C)c1.Cl. The number of rotatable bonds is 14. The standard InChI is InChI=1S/C32H39ClN2O6.ClH/c1-20(2)26(19-30(36)37)34-32(38)22-11-13-23(31-27(39-5)9-7-10-28(31)40-6)24(17-22)21-12-14-25(33)29(18-21)41-16-8-15-35(3)4;/h7,9-14,17-18,20,26H,8,15-16,19H2,1-6H3,(H,34,38)(H,36,37);1H. The third-order valence-corrected chi connectivity index (χ3v) is 7.06. The summed E-state index contributed by atoms with van der Waals surface area (Å²) in [6.07, 6.45) is 0.665. The van der Waals surface area contributed by atoms with E-state index < -0.39 is 12.0 Å². The van der Waals surface area contributed by atoms with Crippen molar-refractivity contribution in [1.82, 2.24) is 10.2 Å². The Morgan fingerprint density at radius 1 is 0.952 bits per heavy atom. The number of nitrogens with one attached hydrogen (secondary N) is 1. The van der Waals surface area contributed by atoms with Crippen molar-refractivity contribution in [3.8, 4) is 39.5 Å². The van der Waals surface area contributed by atoms with Crippen LogP contribution in [0.2, 0.25) is 5.02 Å². The summed E-state index contributed by atoms with van der Waals surface area (Å²) in [6.45, 7) is 5.14. The van der Waals surface area contributed by atoms with Crippen LogP contribution in [0.4, 0.5) is 0 Å². The Balaban J connectivity index is 0.00000616. The third-order valence-electron chi connectivity index (χ3n) is 6.74. The molecular formula is C32H40Cl2N2O6. The largest absolute Gasteiger partial charge is 0.496 e. The van der Waals surface area contributed by atoms with Crippen LogP contribution in [0.3, 0.4) is 0 Å². The topological polar surface area (TPSA) is 97.3 Å². The van der Waals surface area contributed by atoms with Gasteiger partial charge in [0.05, 0.1) is 37.8 Å². The molecule has 228 valence electrons. The van der Waals surface area contributed by atoms with Gasteiger partial charge >= 0.3 is 5.97 Å². The molecule has 0 aliphatic rings. The van der Waals surface area contributed by atoms with Gasteiger partial charge in [0.2, 0.25) is 0 Å². The summed E-state index contributed by atoms with van der Waals surface area (Å²) in [5, 5.41) is 12.7. The van der Waals surface area contributed by atoms with Crippen molar-refractivity contribution in [1.29, 1.82) is 0 Å². The van der Waals surface area contributed by atoms with Crippen LogP contribution in [0.15, 0.2) is 54.6 Å². The van der Waals surface area contributed by atoms with Crippen molar-refractivity contribution >= 4 is 35.9 Å². The molecule has 1 atom stereocenters. The number of carbonyl (C=O) groups is 2. The molecule has 0 radical (unpaired) electrons. The van der Waals surface area contributed by atoms with Gasteiger partial charge < -0.3 is 29.5 Å². The normalized spacial score (nSPS) is 11.5. The van der Waals surface area contributed by atoms with Crippen LogP contribution in [-0.4, -0.2) is 69.4 Å². The minimum absolute atomic E-state index is 0. The first-order valence-corrected chi connectivity index (χ1v) is 13.9. The highest BCUT2D eigenvalue weighted by molar-refractivity contribution is 6.32. The minimum atomic E-state index is -0.970. The summed E-state index contributed by atoms with van der Waals surface area (Å²) >= 11 is 6.50. The van der Waals surface area contributed by atoms with E-state index >= 15 is 0 Å². The number of hydrogen-bond donors (Lipinski definition) is 2. The summed E-state index contributed by atoms with van der Waals surface area (Å²) in [5.74, 6) is 0.366. The molecule has 0 fully saturated rings. The second-order valence-corrected chi connectivity index (χ2v) is 10.8. The van der Waals surface area contributed by atoms with E-state index in [1.54, 1.807) is 32.4 Å². The van der Waals surface area contributed by atoms with Gasteiger partial charge in [0.1, 0.15) is 17.2 Å². The summed E-state index contributed by atoms with van der Waals surface area (Å²) in [6, 6.07) is 15.9. The molecule has 42 heavy (non-hydrogen) atoms. The molecule has 10 heteroatoms. The molecule has 0 bridgehead atoms. The molecule has 1 unspecified atom stereocenters. The number of carboxylic acids is 1. The Bertz CT molecular complexity index is 1340. The average molecular weight is 620 g/mol. The van der Waals surface area contributed by atoms with Gasteiger partial charge in [-0.15, -0.1) is 12.4 Å². The predicted octanol–water partition coefficient (Wildman–Crippen LogP) is 6.67. The summed E-state index contributed by atoms with van der Waals surface area (Å²) in [4.78, 5) is 26.8. The maximum Gasteiger partial charge on any atom is 0.305 e. The van der Waals surface area contributed by atoms with Crippen LogP contribution >= 0.6 is 24.0 Å². The third kappa shape index (κ3) is 9.02. The number of aliphatic carboxylic acids is 1. The zero-order chi connectivity index (χ0) is 30.1. The van der Waals surface area contributed by atoms with Gasteiger partial charge in [-0.2, -0.15) is 0 Å². The summed E-state index contributed by atoms with van der Waals surface area (Å²) < 4.78 is 17.4. The maximum atomic E-state index is 13.4. The van der Waals surface area contributed by atoms with Gasteiger partial charge in [0, 0.05) is 18.2 Å². The van der Waals surface area contributed by atoms with E-state index in [1.807, 2.05) is 64.3 Å². The first-order valence-electron chi connectivity index (χ1n) is 13.5. The zero-order valence-electron chi connectivity index (χ0n) is 24.9. The number of carbonyl (C=O) groups excluding carboxylic acids is 1. The molecule has 8 nitrogen and oxygen atoms in total. The molecule has 0 aliphatic carbocycles. The Hall–Kier alpha value is -3.46. The van der Waals surface area contributed by atoms with Crippen molar-refractivity contribution in [2.24, 2.45) is 5.92 Å². The minimum Gasteiger partial charge on any atom is -0.496 e. The number of hydrogen-bond acceptors (Lipinski definition) is 6. The van der Waals surface area contributed by atoms with Crippen LogP contribution in [0.1, 0.15) is 37.0 Å². The van der Waals surface area contributed by atoms with E-state index in [9.17, 15) is 14.7 Å². The molecule has 0 aliphatic heterocycles. The molecule has 3 rings (SSSR count). The van der Waals surface area contributed by atoms with Crippen LogP contribution < -0.4 is 19.5 Å². The fourth-order valence-corrected chi connectivity index (χ4v) is 4.67. The van der Waals surface area contributed by atoms with Gasteiger partial charge in [-0.1, -0.05) is 43.6 Å². The highest BCUT2D eigenvalue weighted by Gasteiger charge is 2.23. The smallest absolute Gasteiger partial charge is 0.305 e. The monoisotopic (exact) mass is 618 g/mol. The second kappa shape index (κ2) is 16.2. The van der Waals surface area contributed by atoms with Crippen molar-refractivity contribution in [2.75, 3.05) is 41.5 Å². The fourth-order valence-electron chi connectivity index (χ4n) is 4.50. The quantitative estimate of drug-likeness (QED) is 0.195. The van der Waals surface area contributed by atoms with E-state index in [0.717, 1.165) is 35.2 Å². The average Bonchev–Trinajstić information content (AvgIpc) is 2.94. The lowest BCUT2D eigenvalue weighted by Crippen LogP contribution is -2.40. The van der Waals surface area contributed by atoms with Gasteiger partial charge in [0.15, 0.2) is 0 Å². The van der Waals surface area contributed by atoms with Crippen LogP contribution in [0.25, 0.3) is 22.3 Å². The summed E-state index contributed by atoms with van der Waals surface area (Å²) in [5.41, 5.74) is 3.41. The van der Waals surface area contributed by atoms with Gasteiger partial charge in [-0.25, -0.2) is 0 Å². The molecule has 0 spiro atoms. The number of ether oxygens (including phenoxy) is 3. The Morgan fingerprint density at radius 2 is 1.62 bits per heavy atom. The maximum absolute atomic E-state index is 13.4. The van der Waals surface area contributed by atoms with Crippen LogP contribution in [-0.2, 0) is 4.79 Å². The number of nitrogens with zero attached hydrogens (tertiary/aromatic N) is 1. The highest BCUT2D eigenvalue weighted by atomic mass is 35.5. The van der Waals surface area contributed by atoms with E-state index in [-0.39, 0.29) is 30.7 Å². The van der Waals surface area contributed by atoms with Crippen molar-refractivity contribution in [3.05, 3.63) is 65.2 Å². The van der Waals surface area contributed by atoms with Crippen molar-refractivity contribution < 1.29 is 28.9 Å². The van der Waals surface area contributed by atoms with E-state index in [2.05, 4.69) is 10.2 Å². The molecule has 1 amide bonds. The Kier molecular flexibility index (Phi) is 13.4. The number of methoxy groups -OCH3 is 2. The lowest BCUT2D eigenvalue weighted by Gasteiger charge is -2.22. The molecule has 2 N–H and O–H groups in total. The Labute approximate surface area is 259 Å². The zero-order valence-corrected chi connectivity index (χ0v) is 26.5. The van der Waals surface area contributed by atoms with Gasteiger partial charge in [-0.3, -0.25) is 9.59 Å². The number of amides is 1. The first kappa shape index (κ1) is 34.7. The van der Waals surface area contributed by atoms with Gasteiger partial charge in [0.25, 0.3) is 5.91 Å². The molecular weight excluding hydrogens is 579 g/mol. The predicted molar refractivity (Wildman–Crippen MR) is 170 cm³/mol. The number of benzene rings is 3. The fraction of sp³-hybridized carbons (Fsp3) is 0.375. The molecule has 0 aromatic heterocycles. The van der Waals surface area contributed by atoms with E-state index in [0.29, 0.717) is 34.4 Å². The molecule has 0 heterocycles. The lowest BCUT2D eigenvalue weighted by molar-refractivity contribution is -0.137. The number of halogens is 2. The van der Waals surface area contributed by atoms with E-state index in [1.165, 1.54) is 0 Å². The Morgan fingerprint density at radius 3 is 2.19 bits per heavy atom. The molecule has 0 saturated heterocycles. The van der Waals surface area contributed by atoms with Crippen molar-refractivity contribution in [3.63, 3.8) is 0 Å². The van der Waals surface area contributed by atoms with E-state index in [4.69, 9.17) is 25.8 Å². The second-order valence-electron chi connectivity index (χ2n) is 10.4. The number of carboxylic acid groups (broad SMARTS) is 1. The van der Waals surface area contributed by atoms with Crippen LogP contribution in [0.5, 0.6) is 17.2 Å². The molecule has 0 saturated carbocycles. The lowest BCUT2D eigenvalue weighted by atomic mass is 9.91. The first-order chi connectivity index (χ1) is 19.5. The van der Waals surface area contributed by atoms with Crippen molar-refractivity contribution in [2.45, 2.75) is 32.7 Å². The molecule has 3 aromatic carbocycles. The van der Waals surface area contributed by atoms with Gasteiger partial charge in [-0.05, 0) is 79.5 Å². The molecule has 3 aromatic rings. The van der Waals surface area contributed by atoms with Crippen LogP contribution in [0, 0.1) is 5.92 Å². The summed E-state index contributed by atoms with van der Waals surface area (Å²) in [7, 11) is 7.21. The highest BCUT2D eigenvalue weighted by Crippen LogP contribution is 2.44.